The lowest BCUT2D eigenvalue weighted by molar-refractivity contribution is -0.0538. The van der Waals surface area contributed by atoms with Crippen LogP contribution >= 0.6 is 0 Å². The van der Waals surface area contributed by atoms with Gasteiger partial charge in [-0.1, -0.05) is 0 Å². The summed E-state index contributed by atoms with van der Waals surface area (Å²) in [7, 11) is 1.80. The summed E-state index contributed by atoms with van der Waals surface area (Å²) in [6.07, 6.45) is 5.31. The molecular weight excluding hydrogens is 166 g/mol. The number of nitrogens with zero attached hydrogens (tertiary/aromatic N) is 1. The van der Waals surface area contributed by atoms with Gasteiger partial charge >= 0.3 is 0 Å². The molecule has 1 N–H and O–H groups in total. The van der Waals surface area contributed by atoms with E-state index in [2.05, 4.69) is 4.90 Å². The molecule has 2 fully saturated rings. The average molecular weight is 185 g/mol. The first-order valence-corrected chi connectivity index (χ1v) is 5.24. The van der Waals surface area contributed by atoms with Crippen molar-refractivity contribution in [3.05, 3.63) is 0 Å². The van der Waals surface area contributed by atoms with Gasteiger partial charge in [0.2, 0.25) is 0 Å². The molecule has 2 atom stereocenters. The summed E-state index contributed by atoms with van der Waals surface area (Å²) in [5.74, 6) is 0. The molecule has 3 nitrogen and oxygen atoms in total. The fourth-order valence-corrected chi connectivity index (χ4v) is 2.45. The minimum atomic E-state index is -0.0667. The molecule has 2 unspecified atom stereocenters. The molecule has 2 aliphatic rings. The lowest BCUT2D eigenvalue weighted by atomic mass is 9.89. The number of aliphatic hydroxyl groups excluding tert-OH is 1. The van der Waals surface area contributed by atoms with Gasteiger partial charge in [0.15, 0.2) is 0 Å². The van der Waals surface area contributed by atoms with Crippen molar-refractivity contribution in [2.45, 2.75) is 43.9 Å². The van der Waals surface area contributed by atoms with Crippen molar-refractivity contribution in [3.63, 3.8) is 0 Å². The standard InChI is InChI=1S/C10H19NO2/c1-13-10-4-2-3-8(5-10)11-6-9(12)7-11/h8-10,12H,2-7H2,1H3. The third-order valence-electron chi connectivity index (χ3n) is 3.34. The van der Waals surface area contributed by atoms with E-state index in [0.717, 1.165) is 19.5 Å². The third-order valence-corrected chi connectivity index (χ3v) is 3.34. The van der Waals surface area contributed by atoms with Gasteiger partial charge in [0.05, 0.1) is 12.2 Å². The number of likely N-dealkylation sites (tertiary alicyclic amines) is 1. The molecule has 0 spiro atoms. The van der Waals surface area contributed by atoms with Crippen LogP contribution in [0.15, 0.2) is 0 Å². The van der Waals surface area contributed by atoms with E-state index >= 15 is 0 Å². The molecule has 13 heavy (non-hydrogen) atoms. The van der Waals surface area contributed by atoms with Gasteiger partial charge in [-0.2, -0.15) is 0 Å². The predicted molar refractivity (Wildman–Crippen MR) is 50.6 cm³/mol. The number of aliphatic hydroxyl groups is 1. The Hall–Kier alpha value is -0.120. The van der Waals surface area contributed by atoms with Gasteiger partial charge in [0.1, 0.15) is 0 Å². The van der Waals surface area contributed by atoms with Crippen LogP contribution in [0.1, 0.15) is 25.7 Å². The van der Waals surface area contributed by atoms with Crippen LogP contribution in [0.3, 0.4) is 0 Å². The van der Waals surface area contributed by atoms with E-state index in [9.17, 15) is 5.11 Å². The van der Waals surface area contributed by atoms with Crippen LogP contribution in [-0.2, 0) is 4.74 Å². The highest BCUT2D eigenvalue weighted by molar-refractivity contribution is 4.88. The largest absolute Gasteiger partial charge is 0.390 e. The molecule has 1 saturated carbocycles. The van der Waals surface area contributed by atoms with Crippen LogP contribution in [0.4, 0.5) is 0 Å². The summed E-state index contributed by atoms with van der Waals surface area (Å²) in [4.78, 5) is 2.38. The van der Waals surface area contributed by atoms with Gasteiger partial charge < -0.3 is 9.84 Å². The molecule has 0 radical (unpaired) electrons. The Bertz CT molecular complexity index is 168. The van der Waals surface area contributed by atoms with Gasteiger partial charge in [0, 0.05) is 26.2 Å². The Morgan fingerprint density at radius 1 is 1.31 bits per heavy atom. The van der Waals surface area contributed by atoms with Crippen molar-refractivity contribution in [1.82, 2.24) is 4.90 Å². The number of hydrogen-bond donors (Lipinski definition) is 1. The van der Waals surface area contributed by atoms with E-state index < -0.39 is 0 Å². The van der Waals surface area contributed by atoms with E-state index in [1.54, 1.807) is 7.11 Å². The first-order valence-electron chi connectivity index (χ1n) is 5.24. The van der Waals surface area contributed by atoms with Crippen LogP contribution in [0, 0.1) is 0 Å². The molecule has 0 aromatic rings. The van der Waals surface area contributed by atoms with Crippen molar-refractivity contribution < 1.29 is 9.84 Å². The quantitative estimate of drug-likeness (QED) is 0.684. The molecule has 2 rings (SSSR count). The number of hydrogen-bond acceptors (Lipinski definition) is 3. The van der Waals surface area contributed by atoms with Crippen molar-refractivity contribution in [1.29, 1.82) is 0 Å². The molecule has 1 heterocycles. The fourth-order valence-electron chi connectivity index (χ4n) is 2.45. The van der Waals surface area contributed by atoms with E-state index in [1.807, 2.05) is 0 Å². The predicted octanol–water partition coefficient (Wildman–Crippen LogP) is 0.620. The minimum absolute atomic E-state index is 0.0667. The van der Waals surface area contributed by atoms with E-state index in [-0.39, 0.29) is 6.10 Å². The molecule has 1 saturated heterocycles. The highest BCUT2D eigenvalue weighted by atomic mass is 16.5. The second-order valence-corrected chi connectivity index (χ2v) is 4.29. The van der Waals surface area contributed by atoms with E-state index in [4.69, 9.17) is 4.74 Å². The Morgan fingerprint density at radius 2 is 2.08 bits per heavy atom. The summed E-state index contributed by atoms with van der Waals surface area (Å²) in [6, 6.07) is 0.669. The van der Waals surface area contributed by atoms with Crippen molar-refractivity contribution >= 4 is 0 Å². The van der Waals surface area contributed by atoms with Crippen LogP contribution in [0.2, 0.25) is 0 Å². The molecule has 1 aliphatic carbocycles. The molecule has 0 aromatic carbocycles. The van der Waals surface area contributed by atoms with Gasteiger partial charge in [-0.15, -0.1) is 0 Å². The van der Waals surface area contributed by atoms with Gasteiger partial charge in [0.25, 0.3) is 0 Å². The topological polar surface area (TPSA) is 32.7 Å². The molecule has 1 aliphatic heterocycles. The second-order valence-electron chi connectivity index (χ2n) is 4.29. The molecule has 0 aromatic heterocycles. The highest BCUT2D eigenvalue weighted by Gasteiger charge is 2.33. The van der Waals surface area contributed by atoms with Gasteiger partial charge in [-0.25, -0.2) is 0 Å². The maximum atomic E-state index is 9.20. The van der Waals surface area contributed by atoms with Crippen LogP contribution in [-0.4, -0.2) is 48.5 Å². The molecule has 0 bridgehead atoms. The minimum Gasteiger partial charge on any atom is -0.390 e. The highest BCUT2D eigenvalue weighted by Crippen LogP contribution is 2.27. The summed E-state index contributed by atoms with van der Waals surface area (Å²) in [6.45, 7) is 1.75. The zero-order valence-electron chi connectivity index (χ0n) is 8.28. The average Bonchev–Trinajstić information content (AvgIpc) is 2.13. The zero-order chi connectivity index (χ0) is 9.26. The molecule has 0 amide bonds. The lowest BCUT2D eigenvalue weighted by Gasteiger charge is -2.44. The van der Waals surface area contributed by atoms with Gasteiger partial charge in [-0.05, 0) is 25.7 Å². The monoisotopic (exact) mass is 185 g/mol. The lowest BCUT2D eigenvalue weighted by Crippen LogP contribution is -2.56. The summed E-state index contributed by atoms with van der Waals surface area (Å²) in [5.41, 5.74) is 0. The van der Waals surface area contributed by atoms with Crippen molar-refractivity contribution in [3.8, 4) is 0 Å². The van der Waals surface area contributed by atoms with Crippen LogP contribution < -0.4 is 0 Å². The third kappa shape index (κ3) is 2.03. The number of β-amino-alcohol motifs (C(OH)–C–C–N with tert-alkyl or cyclic N) is 1. The van der Waals surface area contributed by atoms with Crippen LogP contribution in [0.25, 0.3) is 0 Å². The van der Waals surface area contributed by atoms with Crippen molar-refractivity contribution in [2.75, 3.05) is 20.2 Å². The maximum Gasteiger partial charge on any atom is 0.0794 e. The van der Waals surface area contributed by atoms with Crippen molar-refractivity contribution in [2.24, 2.45) is 0 Å². The Morgan fingerprint density at radius 3 is 2.69 bits per heavy atom. The molecular formula is C10H19NO2. The van der Waals surface area contributed by atoms with Crippen LogP contribution in [0.5, 0.6) is 0 Å². The van der Waals surface area contributed by atoms with Gasteiger partial charge in [-0.3, -0.25) is 4.90 Å². The first kappa shape index (κ1) is 9.44. The Labute approximate surface area is 79.7 Å². The fraction of sp³-hybridized carbons (Fsp3) is 1.00. The van der Waals surface area contributed by atoms with E-state index in [1.165, 1.54) is 19.3 Å². The summed E-state index contributed by atoms with van der Waals surface area (Å²) >= 11 is 0. The summed E-state index contributed by atoms with van der Waals surface area (Å²) < 4.78 is 5.38. The number of rotatable bonds is 2. The Balaban J connectivity index is 1.79. The normalized spacial score (nSPS) is 37.4. The molecule has 76 valence electrons. The summed E-state index contributed by atoms with van der Waals surface area (Å²) in [5, 5.41) is 9.20. The maximum absolute atomic E-state index is 9.20. The molecule has 3 heteroatoms. The smallest absolute Gasteiger partial charge is 0.0794 e. The second kappa shape index (κ2) is 3.95. The SMILES string of the molecule is COC1CCCC(N2CC(O)C2)C1. The Kier molecular flexibility index (Phi) is 2.86. The number of ether oxygens (including phenoxy) is 1. The number of methoxy groups -OCH3 is 1. The zero-order valence-corrected chi connectivity index (χ0v) is 8.28. The van der Waals surface area contributed by atoms with E-state index in [0.29, 0.717) is 12.1 Å². The first-order chi connectivity index (χ1) is 6.29.